The van der Waals surface area contributed by atoms with Crippen LogP contribution in [0.15, 0.2) is 42.5 Å². The van der Waals surface area contributed by atoms with Crippen LogP contribution in [0, 0.1) is 11.8 Å². The van der Waals surface area contributed by atoms with Crippen LogP contribution in [-0.4, -0.2) is 146 Å². The number of rotatable bonds is 20. The lowest BCUT2D eigenvalue weighted by molar-refractivity contribution is -0.146. The number of hydrogen-bond donors (Lipinski definition) is 6. The van der Waals surface area contributed by atoms with Crippen LogP contribution in [0.5, 0.6) is 0 Å². The Labute approximate surface area is 329 Å². The van der Waals surface area contributed by atoms with Crippen molar-refractivity contribution in [2.75, 3.05) is 57.8 Å². The Bertz CT molecular complexity index is 1860. The van der Waals surface area contributed by atoms with Crippen LogP contribution in [0.2, 0.25) is 0 Å². The maximum atomic E-state index is 13.5. The molecule has 19 nitrogen and oxygen atoms in total. The van der Waals surface area contributed by atoms with Crippen LogP contribution < -0.4 is 16.0 Å². The van der Waals surface area contributed by atoms with Gasteiger partial charge in [0.1, 0.15) is 37.6 Å². The van der Waals surface area contributed by atoms with Crippen LogP contribution in [0.3, 0.4) is 0 Å². The standard InChI is InChI=1S/C35H45N5O14S2/c1-21(2)31(38-28(41)18-39-26(20-53-14-15-56(48,49)50)17-27(34(39)46)40-29(42)9-10-30(40)43)33(45)36-22(3)32(44)37-25-8-7-24(19-54-35(47)55)23(16-25)6-5-11-52-13-12-51-4/h7-10,16,22,26-27,29,31,42H,1,11-15,17-20H2,2-4H3,(H,36,45)(H,37,44)(H,38,41)(H,47,55)(H,48,49,50)/t22-,26-,27-,29?,31-/m0/s1. The van der Waals surface area contributed by atoms with Crippen molar-refractivity contribution in [1.82, 2.24) is 20.4 Å². The van der Waals surface area contributed by atoms with E-state index in [1.165, 1.54) is 27.0 Å². The van der Waals surface area contributed by atoms with Crippen LogP contribution in [-0.2, 0) is 59.6 Å². The number of aliphatic hydroxyl groups is 1. The summed E-state index contributed by atoms with van der Waals surface area (Å²) >= 11 is 3.61. The van der Waals surface area contributed by atoms with Gasteiger partial charge >= 0.3 is 5.30 Å². The lowest BCUT2D eigenvalue weighted by Crippen LogP contribution is -2.54. The summed E-state index contributed by atoms with van der Waals surface area (Å²) in [6, 6.07) is 0.125. The molecule has 1 fully saturated rings. The Balaban J connectivity index is 1.67. The van der Waals surface area contributed by atoms with Gasteiger partial charge in [0.25, 0.3) is 10.1 Å². The van der Waals surface area contributed by atoms with Gasteiger partial charge in [-0.25, -0.2) is 4.79 Å². The second kappa shape index (κ2) is 21.5. The third-order valence-corrected chi connectivity index (χ3v) is 9.08. The van der Waals surface area contributed by atoms with E-state index in [4.69, 9.17) is 23.5 Å². The zero-order chi connectivity index (χ0) is 41.6. The van der Waals surface area contributed by atoms with Crippen LogP contribution in [0.25, 0.3) is 0 Å². The van der Waals surface area contributed by atoms with E-state index in [0.717, 1.165) is 15.9 Å². The maximum Gasteiger partial charge on any atom is 0.364 e. The molecule has 56 heavy (non-hydrogen) atoms. The number of likely N-dealkylation sites (tertiary alicyclic amines) is 1. The first-order valence-electron chi connectivity index (χ1n) is 17.0. The van der Waals surface area contributed by atoms with E-state index in [-0.39, 0.29) is 31.8 Å². The van der Waals surface area contributed by atoms with E-state index in [1.807, 2.05) is 0 Å². The molecule has 5 N–H and O–H groups in total. The molecule has 2 heterocycles. The van der Waals surface area contributed by atoms with Gasteiger partial charge < -0.3 is 44.9 Å². The first kappa shape index (κ1) is 45.6. The minimum atomic E-state index is -4.34. The average molecular weight is 824 g/mol. The van der Waals surface area contributed by atoms with Crippen molar-refractivity contribution in [3.8, 4) is 11.8 Å². The van der Waals surface area contributed by atoms with Crippen molar-refractivity contribution in [3.63, 3.8) is 0 Å². The lowest BCUT2D eigenvalue weighted by Gasteiger charge is -2.27. The molecular formula is C35H45N5O14S2. The molecule has 1 aromatic carbocycles. The number of carbonyl (C=O) groups is 6. The highest BCUT2D eigenvalue weighted by molar-refractivity contribution is 7.96. The van der Waals surface area contributed by atoms with E-state index in [2.05, 4.69) is 47.0 Å². The summed E-state index contributed by atoms with van der Waals surface area (Å²) in [5.74, 6) is 1.42. The van der Waals surface area contributed by atoms with Crippen LogP contribution >= 0.6 is 12.6 Å². The number of amides is 5. The molecule has 306 valence electrons. The van der Waals surface area contributed by atoms with E-state index in [1.54, 1.807) is 18.2 Å². The largest absolute Gasteiger partial charge is 0.453 e. The second-order valence-corrected chi connectivity index (χ2v) is 14.5. The molecule has 21 heteroatoms. The number of carbonyl (C=O) groups excluding carboxylic acids is 6. The number of nitrogens with one attached hydrogen (secondary N) is 3. The van der Waals surface area contributed by atoms with Gasteiger partial charge in [-0.3, -0.25) is 33.4 Å². The fourth-order valence-electron chi connectivity index (χ4n) is 5.47. The Morgan fingerprint density at radius 3 is 2.46 bits per heavy atom. The quantitative estimate of drug-likeness (QED) is 0.0239. The molecule has 1 aromatic rings. The Morgan fingerprint density at radius 2 is 1.84 bits per heavy atom. The van der Waals surface area contributed by atoms with Crippen molar-refractivity contribution in [2.45, 2.75) is 57.3 Å². The summed E-state index contributed by atoms with van der Waals surface area (Å²) in [6.45, 7) is 5.95. The van der Waals surface area contributed by atoms with Crippen molar-refractivity contribution in [3.05, 3.63) is 53.6 Å². The van der Waals surface area contributed by atoms with Gasteiger partial charge in [0.2, 0.25) is 29.5 Å². The molecular weight excluding hydrogens is 779 g/mol. The molecule has 5 atom stereocenters. The van der Waals surface area contributed by atoms with Gasteiger partial charge in [-0.15, -0.1) is 0 Å². The minimum absolute atomic E-state index is 0.0807. The molecule has 5 amide bonds. The predicted octanol–water partition coefficient (Wildman–Crippen LogP) is -0.638. The molecule has 3 rings (SSSR count). The maximum absolute atomic E-state index is 13.5. The summed E-state index contributed by atoms with van der Waals surface area (Å²) in [4.78, 5) is 79.0. The average Bonchev–Trinajstić information content (AvgIpc) is 3.61. The molecule has 0 spiro atoms. The number of hydrogen-bond acceptors (Lipinski definition) is 13. The summed E-state index contributed by atoms with van der Waals surface area (Å²) in [6.07, 6.45) is 0.817. The van der Waals surface area contributed by atoms with Crippen molar-refractivity contribution in [1.29, 1.82) is 0 Å². The van der Waals surface area contributed by atoms with Gasteiger partial charge in [0, 0.05) is 30.0 Å². The normalized spacial score (nSPS) is 18.9. The molecule has 0 aliphatic carbocycles. The minimum Gasteiger partial charge on any atom is -0.453 e. The highest BCUT2D eigenvalue weighted by atomic mass is 32.2. The summed E-state index contributed by atoms with van der Waals surface area (Å²) in [7, 11) is -2.80. The lowest BCUT2D eigenvalue weighted by atomic mass is 10.1. The number of anilines is 1. The van der Waals surface area contributed by atoms with Gasteiger partial charge in [-0.1, -0.05) is 37.1 Å². The molecule has 2 aliphatic heterocycles. The van der Waals surface area contributed by atoms with Crippen molar-refractivity contribution < 1.29 is 65.8 Å². The van der Waals surface area contributed by atoms with Gasteiger partial charge in [-0.05, 0) is 44.1 Å². The van der Waals surface area contributed by atoms with Gasteiger partial charge in [0.15, 0.2) is 0 Å². The van der Waals surface area contributed by atoms with Crippen molar-refractivity contribution in [2.24, 2.45) is 0 Å². The molecule has 0 aromatic heterocycles. The molecule has 1 unspecified atom stereocenters. The summed E-state index contributed by atoms with van der Waals surface area (Å²) in [5.41, 5.74) is 1.43. The molecule has 2 aliphatic rings. The summed E-state index contributed by atoms with van der Waals surface area (Å²) in [5, 5.41) is 17.2. The Hall–Kier alpha value is -4.82. The highest BCUT2D eigenvalue weighted by Crippen LogP contribution is 2.28. The van der Waals surface area contributed by atoms with Crippen molar-refractivity contribution >= 4 is 63.3 Å². The molecule has 0 radical (unpaired) electrons. The zero-order valence-corrected chi connectivity index (χ0v) is 32.6. The second-order valence-electron chi connectivity index (χ2n) is 12.6. The fraction of sp³-hybridized carbons (Fsp3) is 0.486. The molecule has 0 bridgehead atoms. The van der Waals surface area contributed by atoms with Gasteiger partial charge in [0.05, 0.1) is 44.8 Å². The first-order valence-corrected chi connectivity index (χ1v) is 19.1. The Kier molecular flexibility index (Phi) is 17.5. The van der Waals surface area contributed by atoms with E-state index in [0.29, 0.717) is 30.0 Å². The first-order chi connectivity index (χ1) is 26.4. The fourth-order valence-corrected chi connectivity index (χ4v) is 5.87. The third-order valence-electron chi connectivity index (χ3n) is 8.27. The van der Waals surface area contributed by atoms with E-state index >= 15 is 0 Å². The number of methoxy groups -OCH3 is 1. The van der Waals surface area contributed by atoms with E-state index in [9.17, 15) is 42.3 Å². The SMILES string of the molecule is C=C(C)[C@H](NC(=O)CN1C(=O)[C@@H](N2C(=O)C=CC2O)C[C@H]1COCCS(=O)(=O)O)C(=O)N[C@@H](C)C(=O)Nc1ccc(COC(=O)S)c(C#CCOCCOC)c1. The van der Waals surface area contributed by atoms with Crippen LogP contribution in [0.4, 0.5) is 10.5 Å². The summed E-state index contributed by atoms with van der Waals surface area (Å²) < 4.78 is 51.8. The molecule has 0 saturated carbocycles. The zero-order valence-electron chi connectivity index (χ0n) is 30.9. The monoisotopic (exact) mass is 823 g/mol. The number of thiol groups is 1. The van der Waals surface area contributed by atoms with Gasteiger partial charge in [-0.2, -0.15) is 8.42 Å². The number of nitrogens with zero attached hydrogens (tertiary/aromatic N) is 2. The highest BCUT2D eigenvalue weighted by Gasteiger charge is 2.47. The Morgan fingerprint density at radius 1 is 1.11 bits per heavy atom. The predicted molar refractivity (Wildman–Crippen MR) is 201 cm³/mol. The smallest absolute Gasteiger partial charge is 0.364 e. The topological polar surface area (TPSA) is 257 Å². The number of aliphatic hydroxyl groups excluding tert-OH is 1. The van der Waals surface area contributed by atoms with Crippen LogP contribution in [0.1, 0.15) is 31.4 Å². The van der Waals surface area contributed by atoms with E-state index < -0.39 is 94.3 Å². The molecule has 1 saturated heterocycles. The number of benzene rings is 1. The number of ether oxygens (including phenoxy) is 4. The third kappa shape index (κ3) is 14.0.